The Bertz CT molecular complexity index is 643. The molecule has 0 radical (unpaired) electrons. The van der Waals surface area contributed by atoms with Gasteiger partial charge in [-0.3, -0.25) is 4.68 Å². The van der Waals surface area contributed by atoms with Gasteiger partial charge in [-0.25, -0.2) is 0 Å². The molecule has 4 nitrogen and oxygen atoms in total. The number of aromatic nitrogens is 2. The van der Waals surface area contributed by atoms with E-state index in [9.17, 15) is 0 Å². The number of hydrogen-bond donors (Lipinski definition) is 1. The molecule has 108 valence electrons. The Hall–Kier alpha value is -0.910. The van der Waals surface area contributed by atoms with Crippen LogP contribution >= 0.6 is 39.1 Å². The lowest BCUT2D eigenvalue weighted by atomic mass is 10.3. The van der Waals surface area contributed by atoms with Gasteiger partial charge >= 0.3 is 0 Å². The molecular weight excluding hydrogens is 365 g/mol. The van der Waals surface area contributed by atoms with Crippen LogP contribution in [0.2, 0.25) is 10.0 Å². The van der Waals surface area contributed by atoms with Crippen molar-refractivity contribution < 1.29 is 4.74 Å². The molecule has 0 bridgehead atoms. The van der Waals surface area contributed by atoms with E-state index in [-0.39, 0.29) is 0 Å². The summed E-state index contributed by atoms with van der Waals surface area (Å²) in [5.41, 5.74) is 8.24. The van der Waals surface area contributed by atoms with E-state index in [4.69, 9.17) is 33.7 Å². The molecule has 0 aliphatic heterocycles. The first kappa shape index (κ1) is 15.5. The Labute approximate surface area is 135 Å². The standard InChI is InChI=1S/C13H14BrCl2N3O/c1-3-10-13(14)11(19(2)18-10)6-20-12-5-8(16)7(15)4-9(12)17/h4-5H,3,6,17H2,1-2H3. The van der Waals surface area contributed by atoms with Gasteiger partial charge in [-0.05, 0) is 28.4 Å². The van der Waals surface area contributed by atoms with Crippen LogP contribution in [0.4, 0.5) is 5.69 Å². The fourth-order valence-corrected chi connectivity index (χ4v) is 2.85. The number of ether oxygens (including phenoxy) is 1. The summed E-state index contributed by atoms with van der Waals surface area (Å²) in [6, 6.07) is 3.19. The minimum absolute atomic E-state index is 0.340. The molecule has 2 N–H and O–H groups in total. The average Bonchev–Trinajstić information content (AvgIpc) is 2.67. The van der Waals surface area contributed by atoms with Crippen LogP contribution in [0.5, 0.6) is 5.75 Å². The molecule has 0 unspecified atom stereocenters. The van der Waals surface area contributed by atoms with E-state index in [1.807, 2.05) is 7.05 Å². The van der Waals surface area contributed by atoms with E-state index in [1.165, 1.54) is 0 Å². The molecule has 0 amide bonds. The van der Waals surface area contributed by atoms with Crippen LogP contribution in [0.1, 0.15) is 18.3 Å². The number of nitrogen functional groups attached to an aromatic ring is 1. The Kier molecular flexibility index (Phi) is 4.83. The number of halogens is 3. The monoisotopic (exact) mass is 377 g/mol. The molecule has 0 aliphatic rings. The van der Waals surface area contributed by atoms with Gasteiger partial charge in [-0.2, -0.15) is 5.10 Å². The largest absolute Gasteiger partial charge is 0.485 e. The lowest BCUT2D eigenvalue weighted by Crippen LogP contribution is -2.05. The van der Waals surface area contributed by atoms with Gasteiger partial charge in [0.1, 0.15) is 12.4 Å². The fourth-order valence-electron chi connectivity index (χ4n) is 1.79. The van der Waals surface area contributed by atoms with Gasteiger partial charge in [-0.15, -0.1) is 0 Å². The van der Waals surface area contributed by atoms with Gasteiger partial charge in [0.15, 0.2) is 0 Å². The van der Waals surface area contributed by atoms with Gasteiger partial charge in [-0.1, -0.05) is 30.1 Å². The molecule has 1 aromatic carbocycles. The van der Waals surface area contributed by atoms with Crippen molar-refractivity contribution in [1.82, 2.24) is 9.78 Å². The lowest BCUT2D eigenvalue weighted by Gasteiger charge is -2.10. The summed E-state index contributed by atoms with van der Waals surface area (Å²) >= 11 is 15.4. The normalized spacial score (nSPS) is 10.8. The molecular formula is C13H14BrCl2N3O. The maximum Gasteiger partial charge on any atom is 0.144 e. The molecule has 0 spiro atoms. The highest BCUT2D eigenvalue weighted by Crippen LogP contribution is 2.33. The van der Waals surface area contributed by atoms with Gasteiger partial charge in [0.05, 0.1) is 31.6 Å². The van der Waals surface area contributed by atoms with E-state index in [0.717, 1.165) is 22.3 Å². The lowest BCUT2D eigenvalue weighted by molar-refractivity contribution is 0.296. The summed E-state index contributed by atoms with van der Waals surface area (Å²) in [6.07, 6.45) is 0.851. The number of nitrogens with two attached hydrogens (primary N) is 1. The van der Waals surface area contributed by atoms with Crippen LogP contribution in [0.15, 0.2) is 16.6 Å². The van der Waals surface area contributed by atoms with Crippen molar-refractivity contribution in [2.75, 3.05) is 5.73 Å². The second-order valence-electron chi connectivity index (χ2n) is 4.28. The summed E-state index contributed by atoms with van der Waals surface area (Å²) in [7, 11) is 1.88. The minimum atomic E-state index is 0.340. The molecule has 20 heavy (non-hydrogen) atoms. The second kappa shape index (κ2) is 6.24. The molecule has 0 fully saturated rings. The molecule has 0 saturated carbocycles. The molecule has 0 saturated heterocycles. The van der Waals surface area contributed by atoms with E-state index >= 15 is 0 Å². The van der Waals surface area contributed by atoms with E-state index in [2.05, 4.69) is 28.0 Å². The molecule has 2 aromatic rings. The predicted molar refractivity (Wildman–Crippen MR) is 85.5 cm³/mol. The number of benzene rings is 1. The Morgan fingerprint density at radius 3 is 2.60 bits per heavy atom. The van der Waals surface area contributed by atoms with Gasteiger partial charge < -0.3 is 10.5 Å². The van der Waals surface area contributed by atoms with Crippen molar-refractivity contribution in [3.05, 3.63) is 38.0 Å². The number of rotatable bonds is 4. The van der Waals surface area contributed by atoms with Gasteiger partial charge in [0.2, 0.25) is 0 Å². The third kappa shape index (κ3) is 3.05. The van der Waals surface area contributed by atoms with Gasteiger partial charge in [0, 0.05) is 13.1 Å². The number of anilines is 1. The summed E-state index contributed by atoms with van der Waals surface area (Å²) in [5, 5.41) is 5.23. The molecule has 0 aliphatic carbocycles. The van der Waals surface area contributed by atoms with E-state index in [1.54, 1.807) is 16.8 Å². The van der Waals surface area contributed by atoms with E-state index < -0.39 is 0 Å². The Morgan fingerprint density at radius 1 is 1.35 bits per heavy atom. The maximum atomic E-state index is 5.96. The quantitative estimate of drug-likeness (QED) is 0.810. The van der Waals surface area contributed by atoms with Crippen LogP contribution in [-0.4, -0.2) is 9.78 Å². The predicted octanol–water partition coefficient (Wildman–Crippen LogP) is 4.21. The van der Waals surface area contributed by atoms with Crippen LogP contribution in [0, 0.1) is 0 Å². The summed E-state index contributed by atoms with van der Waals surface area (Å²) in [4.78, 5) is 0. The third-order valence-electron chi connectivity index (χ3n) is 2.92. The first-order valence-corrected chi connectivity index (χ1v) is 7.56. The van der Waals surface area contributed by atoms with Crippen molar-refractivity contribution in [3.63, 3.8) is 0 Å². The highest BCUT2D eigenvalue weighted by Gasteiger charge is 2.14. The zero-order valence-electron chi connectivity index (χ0n) is 11.1. The molecule has 1 aromatic heterocycles. The number of aryl methyl sites for hydroxylation is 2. The first-order chi connectivity index (χ1) is 9.43. The first-order valence-electron chi connectivity index (χ1n) is 6.01. The minimum Gasteiger partial charge on any atom is -0.485 e. The molecule has 0 atom stereocenters. The number of hydrogen-bond acceptors (Lipinski definition) is 3. The van der Waals surface area contributed by atoms with Crippen molar-refractivity contribution in [2.24, 2.45) is 7.05 Å². The Morgan fingerprint density at radius 2 is 2.00 bits per heavy atom. The van der Waals surface area contributed by atoms with Gasteiger partial charge in [0.25, 0.3) is 0 Å². The van der Waals surface area contributed by atoms with Crippen LogP contribution in [0.3, 0.4) is 0 Å². The second-order valence-corrected chi connectivity index (χ2v) is 5.88. The SMILES string of the molecule is CCc1nn(C)c(COc2cc(Cl)c(Cl)cc2N)c1Br. The van der Waals surface area contributed by atoms with Crippen molar-refractivity contribution in [1.29, 1.82) is 0 Å². The zero-order chi connectivity index (χ0) is 14.9. The molecule has 1 heterocycles. The summed E-state index contributed by atoms with van der Waals surface area (Å²) in [6.45, 7) is 2.39. The smallest absolute Gasteiger partial charge is 0.144 e. The highest BCUT2D eigenvalue weighted by atomic mass is 79.9. The van der Waals surface area contributed by atoms with Crippen molar-refractivity contribution in [2.45, 2.75) is 20.0 Å². The zero-order valence-corrected chi connectivity index (χ0v) is 14.2. The maximum absolute atomic E-state index is 5.96. The number of nitrogens with zero attached hydrogens (tertiary/aromatic N) is 2. The van der Waals surface area contributed by atoms with E-state index in [0.29, 0.717) is 28.1 Å². The molecule has 2 rings (SSSR count). The summed E-state index contributed by atoms with van der Waals surface area (Å²) < 4.78 is 8.47. The highest BCUT2D eigenvalue weighted by molar-refractivity contribution is 9.10. The van der Waals surface area contributed by atoms with Crippen LogP contribution < -0.4 is 10.5 Å². The van der Waals surface area contributed by atoms with Crippen molar-refractivity contribution in [3.8, 4) is 5.75 Å². The summed E-state index contributed by atoms with van der Waals surface area (Å²) in [5.74, 6) is 0.505. The van der Waals surface area contributed by atoms with Crippen molar-refractivity contribution >= 4 is 44.8 Å². The van der Waals surface area contributed by atoms with Crippen LogP contribution in [-0.2, 0) is 20.1 Å². The average molecular weight is 379 g/mol. The van der Waals surface area contributed by atoms with Crippen LogP contribution in [0.25, 0.3) is 0 Å². The molecule has 7 heteroatoms. The third-order valence-corrected chi connectivity index (χ3v) is 4.56. The fraction of sp³-hybridized carbons (Fsp3) is 0.308. The Balaban J connectivity index is 2.21. The topological polar surface area (TPSA) is 53.1 Å².